The van der Waals surface area contributed by atoms with Crippen LogP contribution in [0.2, 0.25) is 0 Å². The second-order valence-electron chi connectivity index (χ2n) is 6.38. The fourth-order valence-corrected chi connectivity index (χ4v) is 2.65. The largest absolute Gasteiger partial charge is 0.493 e. The van der Waals surface area contributed by atoms with Gasteiger partial charge in [0.2, 0.25) is 0 Å². The van der Waals surface area contributed by atoms with E-state index < -0.39 is 24.3 Å². The van der Waals surface area contributed by atoms with Gasteiger partial charge in [-0.3, -0.25) is 14.4 Å². The zero-order valence-corrected chi connectivity index (χ0v) is 16.9. The highest BCUT2D eigenvalue weighted by atomic mass is 19.1. The van der Waals surface area contributed by atoms with E-state index in [1.165, 1.54) is 24.3 Å². The summed E-state index contributed by atoms with van der Waals surface area (Å²) in [6, 6.07) is 10.5. The van der Waals surface area contributed by atoms with Crippen molar-refractivity contribution in [2.24, 2.45) is 0 Å². The van der Waals surface area contributed by atoms with E-state index in [1.807, 2.05) is 12.1 Å². The Morgan fingerprint density at radius 3 is 2.30 bits per heavy atom. The lowest BCUT2D eigenvalue weighted by Crippen LogP contribution is -2.30. The maximum absolute atomic E-state index is 12.9. The van der Waals surface area contributed by atoms with Crippen LogP contribution in [0.1, 0.15) is 28.8 Å². The molecule has 0 unspecified atom stereocenters. The molecule has 0 aliphatic carbocycles. The minimum absolute atomic E-state index is 0.0780. The minimum Gasteiger partial charge on any atom is -0.493 e. The molecule has 2 rings (SSSR count). The summed E-state index contributed by atoms with van der Waals surface area (Å²) in [5.74, 6) is -0.607. The van der Waals surface area contributed by atoms with E-state index in [-0.39, 0.29) is 18.6 Å². The summed E-state index contributed by atoms with van der Waals surface area (Å²) in [6.07, 6.45) is 0.326. The SMILES string of the molecule is COc1ccc(CCNC(=O)COC(=O)CCC(=O)c2ccc(F)cc2)cc1OC. The maximum Gasteiger partial charge on any atom is 0.306 e. The normalized spacial score (nSPS) is 10.2. The zero-order chi connectivity index (χ0) is 21.9. The van der Waals surface area contributed by atoms with E-state index in [2.05, 4.69) is 5.32 Å². The maximum atomic E-state index is 12.9. The zero-order valence-electron chi connectivity index (χ0n) is 16.9. The molecule has 2 aromatic carbocycles. The van der Waals surface area contributed by atoms with Crippen LogP contribution in [0.25, 0.3) is 0 Å². The van der Waals surface area contributed by atoms with Gasteiger partial charge in [0.15, 0.2) is 23.9 Å². The molecule has 0 fully saturated rings. The number of carbonyl (C=O) groups is 3. The number of methoxy groups -OCH3 is 2. The van der Waals surface area contributed by atoms with Gasteiger partial charge in [-0.2, -0.15) is 0 Å². The number of ketones is 1. The molecule has 1 amide bonds. The highest BCUT2D eigenvalue weighted by Gasteiger charge is 2.12. The summed E-state index contributed by atoms with van der Waals surface area (Å²) >= 11 is 0. The smallest absolute Gasteiger partial charge is 0.306 e. The van der Waals surface area contributed by atoms with Crippen LogP contribution in [0, 0.1) is 5.82 Å². The average molecular weight is 417 g/mol. The number of Topliss-reactive ketones (excluding diaryl/α,β-unsaturated/α-hetero) is 1. The molecule has 1 N–H and O–H groups in total. The molecular formula is C22H24FNO6. The lowest BCUT2D eigenvalue weighted by atomic mass is 10.1. The quantitative estimate of drug-likeness (QED) is 0.447. The number of hydrogen-bond donors (Lipinski definition) is 1. The van der Waals surface area contributed by atoms with Gasteiger partial charge >= 0.3 is 5.97 Å². The monoisotopic (exact) mass is 417 g/mol. The topological polar surface area (TPSA) is 90.9 Å². The van der Waals surface area contributed by atoms with Crippen molar-refractivity contribution < 1.29 is 33.0 Å². The van der Waals surface area contributed by atoms with Crippen LogP contribution in [0.3, 0.4) is 0 Å². The standard InChI is InChI=1S/C22H24FNO6/c1-28-19-9-3-15(13-20(19)29-2)11-12-24-21(26)14-30-22(27)10-8-18(25)16-4-6-17(23)7-5-16/h3-7,9,13H,8,10-12,14H2,1-2H3,(H,24,26). The van der Waals surface area contributed by atoms with Gasteiger partial charge in [-0.25, -0.2) is 4.39 Å². The second kappa shape index (κ2) is 11.5. The molecule has 0 spiro atoms. The highest BCUT2D eigenvalue weighted by molar-refractivity contribution is 5.97. The summed E-state index contributed by atoms with van der Waals surface area (Å²) in [6.45, 7) is -0.0651. The first-order chi connectivity index (χ1) is 14.4. The summed E-state index contributed by atoms with van der Waals surface area (Å²) in [5, 5.41) is 2.66. The third-order valence-corrected chi connectivity index (χ3v) is 4.27. The van der Waals surface area contributed by atoms with Gasteiger partial charge < -0.3 is 19.5 Å². The van der Waals surface area contributed by atoms with Crippen molar-refractivity contribution in [3.63, 3.8) is 0 Å². The molecule has 0 saturated carbocycles. The van der Waals surface area contributed by atoms with Crippen molar-refractivity contribution in [3.8, 4) is 11.5 Å². The number of hydrogen-bond acceptors (Lipinski definition) is 6. The molecule has 160 valence electrons. The van der Waals surface area contributed by atoms with Crippen LogP contribution in [-0.2, 0) is 20.7 Å². The molecule has 0 heterocycles. The number of esters is 1. The van der Waals surface area contributed by atoms with Gasteiger partial charge in [-0.1, -0.05) is 6.07 Å². The molecule has 0 aliphatic heterocycles. The van der Waals surface area contributed by atoms with E-state index in [1.54, 1.807) is 20.3 Å². The molecule has 0 bridgehead atoms. The Bertz CT molecular complexity index is 882. The average Bonchev–Trinajstić information content (AvgIpc) is 2.76. The second-order valence-corrected chi connectivity index (χ2v) is 6.38. The van der Waals surface area contributed by atoms with Crippen molar-refractivity contribution in [1.82, 2.24) is 5.32 Å². The first-order valence-electron chi connectivity index (χ1n) is 9.35. The van der Waals surface area contributed by atoms with Crippen LogP contribution < -0.4 is 14.8 Å². The molecule has 2 aromatic rings. The van der Waals surface area contributed by atoms with Gasteiger partial charge in [0, 0.05) is 18.5 Å². The highest BCUT2D eigenvalue weighted by Crippen LogP contribution is 2.27. The van der Waals surface area contributed by atoms with E-state index in [0.717, 1.165) is 5.56 Å². The Morgan fingerprint density at radius 1 is 0.933 bits per heavy atom. The predicted octanol–water partition coefficient (Wildman–Crippen LogP) is 2.71. The predicted molar refractivity (Wildman–Crippen MR) is 107 cm³/mol. The van der Waals surface area contributed by atoms with Gasteiger partial charge in [0.25, 0.3) is 5.91 Å². The van der Waals surface area contributed by atoms with Crippen LogP contribution in [0.4, 0.5) is 4.39 Å². The molecule has 7 nitrogen and oxygen atoms in total. The van der Waals surface area contributed by atoms with E-state index in [9.17, 15) is 18.8 Å². The number of carbonyl (C=O) groups excluding carboxylic acids is 3. The molecule has 0 aromatic heterocycles. The molecule has 0 atom stereocenters. The van der Waals surface area contributed by atoms with Gasteiger partial charge in [-0.05, 0) is 48.4 Å². The van der Waals surface area contributed by atoms with Crippen LogP contribution in [0.15, 0.2) is 42.5 Å². The van der Waals surface area contributed by atoms with E-state index in [0.29, 0.717) is 30.0 Å². The number of benzene rings is 2. The fraction of sp³-hybridized carbons (Fsp3) is 0.318. The Kier molecular flexibility index (Phi) is 8.80. The van der Waals surface area contributed by atoms with Crippen molar-refractivity contribution in [2.75, 3.05) is 27.4 Å². The number of rotatable bonds is 11. The van der Waals surface area contributed by atoms with Crippen LogP contribution in [-0.4, -0.2) is 45.0 Å². The number of halogens is 1. The first kappa shape index (κ1) is 22.9. The third kappa shape index (κ3) is 7.20. The Labute approximate surface area is 174 Å². The van der Waals surface area contributed by atoms with E-state index in [4.69, 9.17) is 14.2 Å². The molecule has 8 heteroatoms. The van der Waals surface area contributed by atoms with Crippen LogP contribution >= 0.6 is 0 Å². The van der Waals surface area contributed by atoms with E-state index >= 15 is 0 Å². The molecule has 0 radical (unpaired) electrons. The summed E-state index contributed by atoms with van der Waals surface area (Å²) in [7, 11) is 3.10. The molecule has 30 heavy (non-hydrogen) atoms. The number of amides is 1. The van der Waals surface area contributed by atoms with Gasteiger partial charge in [-0.15, -0.1) is 0 Å². The van der Waals surface area contributed by atoms with Crippen LogP contribution in [0.5, 0.6) is 11.5 Å². The van der Waals surface area contributed by atoms with Crippen molar-refractivity contribution >= 4 is 17.7 Å². The summed E-state index contributed by atoms with van der Waals surface area (Å²) in [4.78, 5) is 35.5. The first-order valence-corrected chi connectivity index (χ1v) is 9.35. The van der Waals surface area contributed by atoms with Gasteiger partial charge in [0.05, 0.1) is 20.6 Å². The van der Waals surface area contributed by atoms with Gasteiger partial charge in [0.1, 0.15) is 5.82 Å². The fourth-order valence-electron chi connectivity index (χ4n) is 2.65. The third-order valence-electron chi connectivity index (χ3n) is 4.27. The lowest BCUT2D eigenvalue weighted by Gasteiger charge is -2.10. The lowest BCUT2D eigenvalue weighted by molar-refractivity contribution is -0.148. The molecule has 0 saturated heterocycles. The van der Waals surface area contributed by atoms with Crippen molar-refractivity contribution in [1.29, 1.82) is 0 Å². The molecule has 0 aliphatic rings. The Hall–Kier alpha value is -3.42. The summed E-state index contributed by atoms with van der Waals surface area (Å²) in [5.41, 5.74) is 1.27. The Balaban J connectivity index is 1.66. The minimum atomic E-state index is -0.652. The van der Waals surface area contributed by atoms with Crippen molar-refractivity contribution in [2.45, 2.75) is 19.3 Å². The number of nitrogens with one attached hydrogen (secondary N) is 1. The summed E-state index contributed by atoms with van der Waals surface area (Å²) < 4.78 is 28.1. The molecular weight excluding hydrogens is 393 g/mol. The Morgan fingerprint density at radius 2 is 1.63 bits per heavy atom. The van der Waals surface area contributed by atoms with Crippen molar-refractivity contribution in [3.05, 3.63) is 59.4 Å². The number of ether oxygens (including phenoxy) is 3.